The first kappa shape index (κ1) is 26.4. The molecule has 0 saturated carbocycles. The first-order chi connectivity index (χ1) is 18.0. The number of hydrogen-bond acceptors (Lipinski definition) is 3. The number of ether oxygens (including phenoxy) is 1. The average molecular weight is 492 g/mol. The lowest BCUT2D eigenvalue weighted by Gasteiger charge is -2.37. The largest absolute Gasteiger partial charge is 0.466 e. The van der Waals surface area contributed by atoms with E-state index < -0.39 is 0 Å². The first-order valence-electron chi connectivity index (χ1n) is 13.2. The van der Waals surface area contributed by atoms with Gasteiger partial charge in [-0.25, -0.2) is 0 Å². The molecule has 0 amide bonds. The molecule has 0 spiro atoms. The van der Waals surface area contributed by atoms with Crippen molar-refractivity contribution in [2.45, 2.75) is 52.2 Å². The van der Waals surface area contributed by atoms with E-state index in [4.69, 9.17) is 4.74 Å². The molecule has 0 aliphatic rings. The molecular formula is C34H37NO2. The van der Waals surface area contributed by atoms with Crippen LogP contribution in [0.5, 0.6) is 0 Å². The predicted molar refractivity (Wildman–Crippen MR) is 151 cm³/mol. The summed E-state index contributed by atoms with van der Waals surface area (Å²) in [6.45, 7) is 7.31. The molecule has 0 aliphatic carbocycles. The molecular weight excluding hydrogens is 454 g/mol. The van der Waals surface area contributed by atoms with Crippen molar-refractivity contribution in [3.8, 4) is 0 Å². The minimum absolute atomic E-state index is 0.0987. The van der Waals surface area contributed by atoms with Crippen molar-refractivity contribution in [2.75, 3.05) is 6.61 Å². The molecule has 0 N–H and O–H groups in total. The second-order valence-electron chi connectivity index (χ2n) is 9.68. The third-order valence-electron chi connectivity index (χ3n) is 6.92. The van der Waals surface area contributed by atoms with Crippen LogP contribution in [-0.4, -0.2) is 17.5 Å². The Morgan fingerprint density at radius 3 is 2.05 bits per heavy atom. The highest BCUT2D eigenvalue weighted by Crippen LogP contribution is 2.35. The van der Waals surface area contributed by atoms with Gasteiger partial charge in [0.05, 0.1) is 13.0 Å². The van der Waals surface area contributed by atoms with Crippen LogP contribution in [0.25, 0.3) is 0 Å². The Balaban J connectivity index is 1.72. The minimum Gasteiger partial charge on any atom is -0.466 e. The van der Waals surface area contributed by atoms with Crippen LogP contribution in [0.2, 0.25) is 0 Å². The van der Waals surface area contributed by atoms with E-state index in [2.05, 4.69) is 116 Å². The van der Waals surface area contributed by atoms with Crippen LogP contribution in [0.3, 0.4) is 0 Å². The van der Waals surface area contributed by atoms with Crippen molar-refractivity contribution in [2.24, 2.45) is 0 Å². The molecule has 3 nitrogen and oxygen atoms in total. The number of carbonyl (C=O) groups excluding carboxylic acids is 1. The number of esters is 1. The smallest absolute Gasteiger partial charge is 0.307 e. The summed E-state index contributed by atoms with van der Waals surface area (Å²) in [7, 11) is 0. The van der Waals surface area contributed by atoms with E-state index in [1.54, 1.807) is 0 Å². The minimum atomic E-state index is -0.172. The Bertz CT molecular complexity index is 1250. The number of carbonyl (C=O) groups is 1. The molecule has 0 unspecified atom stereocenters. The maximum atomic E-state index is 12.9. The van der Waals surface area contributed by atoms with Crippen molar-refractivity contribution in [1.82, 2.24) is 4.90 Å². The van der Waals surface area contributed by atoms with Gasteiger partial charge in [-0.15, -0.1) is 0 Å². The lowest BCUT2D eigenvalue weighted by molar-refractivity contribution is -0.145. The maximum Gasteiger partial charge on any atom is 0.307 e. The summed E-state index contributed by atoms with van der Waals surface area (Å²) < 4.78 is 5.45. The Morgan fingerprint density at radius 2 is 1.38 bits per heavy atom. The van der Waals surface area contributed by atoms with Crippen LogP contribution in [0.1, 0.15) is 65.7 Å². The molecule has 0 radical (unpaired) electrons. The molecule has 2 atom stereocenters. The molecule has 190 valence electrons. The summed E-state index contributed by atoms with van der Waals surface area (Å²) in [5.41, 5.74) is 7.36. The number of rotatable bonds is 11. The van der Waals surface area contributed by atoms with E-state index in [1.165, 1.54) is 27.8 Å². The highest BCUT2D eigenvalue weighted by atomic mass is 16.5. The Kier molecular flexibility index (Phi) is 9.29. The van der Waals surface area contributed by atoms with E-state index in [1.807, 2.05) is 19.1 Å². The third-order valence-corrected chi connectivity index (χ3v) is 6.92. The van der Waals surface area contributed by atoms with Gasteiger partial charge >= 0.3 is 5.97 Å². The highest BCUT2D eigenvalue weighted by Gasteiger charge is 2.29. The molecule has 4 aromatic rings. The Labute approximate surface area is 221 Å². The van der Waals surface area contributed by atoms with Crippen molar-refractivity contribution in [3.63, 3.8) is 0 Å². The van der Waals surface area contributed by atoms with E-state index >= 15 is 0 Å². The van der Waals surface area contributed by atoms with Gasteiger partial charge in [0.25, 0.3) is 0 Å². The van der Waals surface area contributed by atoms with Gasteiger partial charge in [0.15, 0.2) is 0 Å². The van der Waals surface area contributed by atoms with Crippen LogP contribution in [0, 0.1) is 6.92 Å². The van der Waals surface area contributed by atoms with Gasteiger partial charge in [-0.05, 0) is 55.0 Å². The molecule has 0 aromatic heterocycles. The summed E-state index contributed by atoms with van der Waals surface area (Å²) in [4.78, 5) is 15.3. The molecule has 4 aromatic carbocycles. The summed E-state index contributed by atoms with van der Waals surface area (Å²) >= 11 is 0. The average Bonchev–Trinajstić information content (AvgIpc) is 2.93. The van der Waals surface area contributed by atoms with Crippen LogP contribution >= 0.6 is 0 Å². The van der Waals surface area contributed by atoms with Crippen LogP contribution in [0.15, 0.2) is 109 Å². The lowest BCUT2D eigenvalue weighted by Crippen LogP contribution is -2.33. The predicted octanol–water partition coefficient (Wildman–Crippen LogP) is 7.84. The van der Waals surface area contributed by atoms with Gasteiger partial charge in [0, 0.05) is 18.6 Å². The maximum absolute atomic E-state index is 12.9. The number of aryl methyl sites for hydroxylation is 1. The summed E-state index contributed by atoms with van der Waals surface area (Å²) in [6, 6.07) is 38.4. The zero-order valence-corrected chi connectivity index (χ0v) is 22.1. The molecule has 0 bridgehead atoms. The molecule has 0 fully saturated rings. The normalized spacial score (nSPS) is 12.8. The van der Waals surface area contributed by atoms with Gasteiger partial charge < -0.3 is 4.74 Å². The topological polar surface area (TPSA) is 29.5 Å². The van der Waals surface area contributed by atoms with Gasteiger partial charge in [-0.1, -0.05) is 115 Å². The zero-order valence-electron chi connectivity index (χ0n) is 22.1. The van der Waals surface area contributed by atoms with Gasteiger partial charge in [-0.2, -0.15) is 0 Å². The van der Waals surface area contributed by atoms with Crippen molar-refractivity contribution in [1.29, 1.82) is 0 Å². The molecule has 0 saturated heterocycles. The summed E-state index contributed by atoms with van der Waals surface area (Å²) in [5.74, 6) is -0.172. The zero-order chi connectivity index (χ0) is 26.0. The molecule has 3 heteroatoms. The third kappa shape index (κ3) is 7.41. The Hall–Kier alpha value is -3.69. The SMILES string of the molecule is CCOC(=O)C[C@@H](c1cccc(Cc2ccc(C)cc2)c1)N(Cc1ccccc1)[C@H](C)c1ccccc1. The van der Waals surface area contributed by atoms with E-state index in [9.17, 15) is 4.79 Å². The highest BCUT2D eigenvalue weighted by molar-refractivity contribution is 5.70. The second-order valence-corrected chi connectivity index (χ2v) is 9.68. The summed E-state index contributed by atoms with van der Waals surface area (Å²) in [5, 5.41) is 0. The van der Waals surface area contributed by atoms with Gasteiger partial charge in [0.2, 0.25) is 0 Å². The van der Waals surface area contributed by atoms with E-state index in [0.717, 1.165) is 18.5 Å². The number of benzene rings is 4. The monoisotopic (exact) mass is 491 g/mol. The number of hydrogen-bond donors (Lipinski definition) is 0. The van der Waals surface area contributed by atoms with E-state index in [0.29, 0.717) is 13.0 Å². The van der Waals surface area contributed by atoms with Gasteiger partial charge in [-0.3, -0.25) is 9.69 Å². The van der Waals surface area contributed by atoms with Crippen molar-refractivity contribution < 1.29 is 9.53 Å². The fraction of sp³-hybridized carbons (Fsp3) is 0.265. The fourth-order valence-corrected chi connectivity index (χ4v) is 4.89. The fourth-order valence-electron chi connectivity index (χ4n) is 4.89. The molecule has 0 aliphatic heterocycles. The lowest BCUT2D eigenvalue weighted by atomic mass is 9.94. The molecule has 37 heavy (non-hydrogen) atoms. The van der Waals surface area contributed by atoms with Crippen LogP contribution < -0.4 is 0 Å². The first-order valence-corrected chi connectivity index (χ1v) is 13.2. The van der Waals surface area contributed by atoms with Crippen LogP contribution in [-0.2, 0) is 22.5 Å². The quantitative estimate of drug-likeness (QED) is 0.200. The molecule has 0 heterocycles. The molecule has 4 rings (SSSR count). The van der Waals surface area contributed by atoms with Crippen molar-refractivity contribution >= 4 is 5.97 Å². The van der Waals surface area contributed by atoms with E-state index in [-0.39, 0.29) is 18.1 Å². The van der Waals surface area contributed by atoms with Gasteiger partial charge in [0.1, 0.15) is 0 Å². The Morgan fingerprint density at radius 1 is 0.757 bits per heavy atom. The number of nitrogens with zero attached hydrogens (tertiary/aromatic N) is 1. The summed E-state index contributed by atoms with van der Waals surface area (Å²) in [6.07, 6.45) is 1.15. The standard InChI is InChI=1S/C34H37NO2/c1-4-37-34(36)24-33(32-17-11-14-30(23-32)22-28-20-18-26(2)19-21-28)35(25-29-12-7-5-8-13-29)27(3)31-15-9-6-10-16-31/h5-21,23,27,33H,4,22,24-25H2,1-3H3/t27-,33+/m1/s1. The van der Waals surface area contributed by atoms with Crippen molar-refractivity contribution in [3.05, 3.63) is 143 Å². The second kappa shape index (κ2) is 13.0. The van der Waals surface area contributed by atoms with Crippen LogP contribution in [0.4, 0.5) is 0 Å².